The first-order valence-corrected chi connectivity index (χ1v) is 6.33. The predicted octanol–water partition coefficient (Wildman–Crippen LogP) is 3.07. The first kappa shape index (κ1) is 13.3. The summed E-state index contributed by atoms with van der Waals surface area (Å²) < 4.78 is 10.7. The fourth-order valence-corrected chi connectivity index (χ4v) is 1.38. The normalized spacial score (nSPS) is 11.9. The summed E-state index contributed by atoms with van der Waals surface area (Å²) in [5.74, 6) is 0.456. The summed E-state index contributed by atoms with van der Waals surface area (Å²) in [5.41, 5.74) is 0.557. The zero-order valence-electron chi connectivity index (χ0n) is 9.40. The van der Waals surface area contributed by atoms with Crippen molar-refractivity contribution in [1.82, 2.24) is 0 Å². The van der Waals surface area contributed by atoms with Gasteiger partial charge >= 0.3 is 5.97 Å². The van der Waals surface area contributed by atoms with Crippen LogP contribution in [0.3, 0.4) is 0 Å². The summed E-state index contributed by atoms with van der Waals surface area (Å²) in [6.45, 7) is 2.55. The predicted molar refractivity (Wildman–Crippen MR) is 71.4 cm³/mol. The Labute approximate surface area is 109 Å². The molecule has 1 atom stereocenters. The number of halogens is 1. The molecule has 0 saturated carbocycles. The molecule has 16 heavy (non-hydrogen) atoms. The smallest absolute Gasteiger partial charge is 0.338 e. The molecule has 1 aromatic carbocycles. The summed E-state index contributed by atoms with van der Waals surface area (Å²) in [6.07, 6.45) is 0.877. The molecule has 0 aliphatic rings. The van der Waals surface area contributed by atoms with E-state index in [0.717, 1.165) is 12.2 Å². The molecule has 1 rings (SSSR count). The lowest BCUT2D eigenvalue weighted by Crippen LogP contribution is -2.08. The quantitative estimate of drug-likeness (QED) is 0.472. The van der Waals surface area contributed by atoms with Crippen molar-refractivity contribution in [2.45, 2.75) is 17.3 Å². The Bertz CT molecular complexity index is 333. The van der Waals surface area contributed by atoms with Crippen molar-refractivity contribution in [3.63, 3.8) is 0 Å². The zero-order chi connectivity index (χ0) is 12.0. The number of hydrogen-bond donors (Lipinski definition) is 0. The van der Waals surface area contributed by atoms with E-state index < -0.39 is 0 Å². The van der Waals surface area contributed by atoms with Gasteiger partial charge in [0.05, 0.1) is 19.3 Å². The van der Waals surface area contributed by atoms with E-state index in [2.05, 4.69) is 29.5 Å². The molecule has 0 N–H and O–H groups in total. The van der Waals surface area contributed by atoms with Gasteiger partial charge in [0.25, 0.3) is 0 Å². The van der Waals surface area contributed by atoms with E-state index in [0.29, 0.717) is 16.1 Å². The SMILES string of the molecule is COc1ccc(C(=O)OCCC(C)I)cc1. The molecule has 0 spiro atoms. The maximum Gasteiger partial charge on any atom is 0.338 e. The fourth-order valence-electron chi connectivity index (χ4n) is 1.12. The van der Waals surface area contributed by atoms with Crippen molar-refractivity contribution in [3.05, 3.63) is 29.8 Å². The molecule has 88 valence electrons. The maximum atomic E-state index is 11.6. The Morgan fingerprint density at radius 2 is 2.00 bits per heavy atom. The molecule has 1 unspecified atom stereocenters. The third-order valence-corrected chi connectivity index (χ3v) is 2.70. The van der Waals surface area contributed by atoms with E-state index in [1.54, 1.807) is 31.4 Å². The van der Waals surface area contributed by atoms with Gasteiger partial charge in [0.2, 0.25) is 0 Å². The largest absolute Gasteiger partial charge is 0.497 e. The van der Waals surface area contributed by atoms with Crippen LogP contribution in [0.25, 0.3) is 0 Å². The van der Waals surface area contributed by atoms with Crippen LogP contribution in [0.15, 0.2) is 24.3 Å². The van der Waals surface area contributed by atoms with Gasteiger partial charge in [-0.15, -0.1) is 0 Å². The first-order valence-electron chi connectivity index (χ1n) is 5.08. The number of carbonyl (C=O) groups excluding carboxylic acids is 1. The van der Waals surface area contributed by atoms with Crippen molar-refractivity contribution in [2.24, 2.45) is 0 Å². The minimum atomic E-state index is -0.278. The molecular weight excluding hydrogens is 319 g/mol. The minimum Gasteiger partial charge on any atom is -0.497 e. The van der Waals surface area contributed by atoms with Gasteiger partial charge < -0.3 is 9.47 Å². The van der Waals surface area contributed by atoms with Gasteiger partial charge in [-0.2, -0.15) is 0 Å². The third-order valence-electron chi connectivity index (χ3n) is 2.07. The number of ether oxygens (including phenoxy) is 2. The maximum absolute atomic E-state index is 11.6. The number of methoxy groups -OCH3 is 1. The average molecular weight is 334 g/mol. The number of benzene rings is 1. The standard InChI is InChI=1S/C12H15IO3/c1-9(13)7-8-16-12(14)10-3-5-11(15-2)6-4-10/h3-6,9H,7-8H2,1-2H3. The third kappa shape index (κ3) is 4.38. The van der Waals surface area contributed by atoms with Crippen molar-refractivity contribution in [2.75, 3.05) is 13.7 Å². The highest BCUT2D eigenvalue weighted by atomic mass is 127. The fraction of sp³-hybridized carbons (Fsp3) is 0.417. The van der Waals surface area contributed by atoms with Crippen LogP contribution in [0.5, 0.6) is 5.75 Å². The molecule has 1 aromatic rings. The Balaban J connectivity index is 2.46. The molecule has 0 aliphatic carbocycles. The lowest BCUT2D eigenvalue weighted by molar-refractivity contribution is 0.0502. The molecular formula is C12H15IO3. The van der Waals surface area contributed by atoms with Crippen LogP contribution in [0.1, 0.15) is 23.7 Å². The van der Waals surface area contributed by atoms with Gasteiger partial charge in [0.1, 0.15) is 5.75 Å². The molecule has 0 fully saturated rings. The average Bonchev–Trinajstić information content (AvgIpc) is 2.28. The second kappa shape index (κ2) is 6.73. The van der Waals surface area contributed by atoms with E-state index in [4.69, 9.17) is 9.47 Å². The number of hydrogen-bond acceptors (Lipinski definition) is 3. The number of carbonyl (C=O) groups is 1. The summed E-state index contributed by atoms with van der Waals surface area (Å²) in [7, 11) is 1.59. The van der Waals surface area contributed by atoms with Crippen LogP contribution < -0.4 is 4.74 Å². The molecule has 0 radical (unpaired) electrons. The molecule has 0 amide bonds. The number of esters is 1. The number of rotatable bonds is 5. The van der Waals surface area contributed by atoms with Crippen LogP contribution in [0.4, 0.5) is 0 Å². The summed E-state index contributed by atoms with van der Waals surface area (Å²) in [6, 6.07) is 6.90. The minimum absolute atomic E-state index is 0.278. The lowest BCUT2D eigenvalue weighted by Gasteiger charge is -2.06. The van der Waals surface area contributed by atoms with Crippen molar-refractivity contribution < 1.29 is 14.3 Å². The van der Waals surface area contributed by atoms with Crippen molar-refractivity contribution in [1.29, 1.82) is 0 Å². The summed E-state index contributed by atoms with van der Waals surface area (Å²) in [5, 5.41) is 0. The van der Waals surface area contributed by atoms with Crippen molar-refractivity contribution >= 4 is 28.6 Å². The summed E-state index contributed by atoms with van der Waals surface area (Å²) in [4.78, 5) is 11.6. The molecule has 0 bridgehead atoms. The van der Waals surface area contributed by atoms with E-state index in [1.807, 2.05) is 0 Å². The molecule has 0 heterocycles. The van der Waals surface area contributed by atoms with Gasteiger partial charge in [-0.3, -0.25) is 0 Å². The Morgan fingerprint density at radius 1 is 1.38 bits per heavy atom. The Hall–Kier alpha value is -0.780. The molecule has 0 aliphatic heterocycles. The van der Waals surface area contributed by atoms with E-state index in [1.165, 1.54) is 0 Å². The molecule has 3 nitrogen and oxygen atoms in total. The molecule has 0 aromatic heterocycles. The second-order valence-corrected chi connectivity index (χ2v) is 5.56. The number of alkyl halides is 1. The van der Waals surface area contributed by atoms with E-state index in [-0.39, 0.29) is 5.97 Å². The highest BCUT2D eigenvalue weighted by molar-refractivity contribution is 14.1. The van der Waals surface area contributed by atoms with Gasteiger partial charge in [-0.05, 0) is 30.7 Å². The van der Waals surface area contributed by atoms with Crippen LogP contribution in [0, 0.1) is 0 Å². The molecule has 4 heteroatoms. The Kier molecular flexibility index (Phi) is 5.59. The van der Waals surface area contributed by atoms with Crippen molar-refractivity contribution in [3.8, 4) is 5.75 Å². The highest BCUT2D eigenvalue weighted by Crippen LogP contribution is 2.12. The highest BCUT2D eigenvalue weighted by Gasteiger charge is 2.07. The Morgan fingerprint density at radius 3 is 2.50 bits per heavy atom. The van der Waals surface area contributed by atoms with Gasteiger partial charge in [-0.1, -0.05) is 29.5 Å². The first-order chi connectivity index (χ1) is 7.63. The zero-order valence-corrected chi connectivity index (χ0v) is 11.6. The van der Waals surface area contributed by atoms with Gasteiger partial charge in [0, 0.05) is 3.92 Å². The summed E-state index contributed by atoms with van der Waals surface area (Å²) >= 11 is 2.31. The van der Waals surface area contributed by atoms with Crippen LogP contribution in [0.2, 0.25) is 0 Å². The van der Waals surface area contributed by atoms with Crippen LogP contribution in [-0.2, 0) is 4.74 Å². The second-order valence-electron chi connectivity index (χ2n) is 3.43. The van der Waals surface area contributed by atoms with Crippen LogP contribution in [-0.4, -0.2) is 23.6 Å². The van der Waals surface area contributed by atoms with Crippen LogP contribution >= 0.6 is 22.6 Å². The van der Waals surface area contributed by atoms with E-state index >= 15 is 0 Å². The van der Waals surface area contributed by atoms with Gasteiger partial charge in [-0.25, -0.2) is 4.79 Å². The lowest BCUT2D eigenvalue weighted by atomic mass is 10.2. The van der Waals surface area contributed by atoms with E-state index in [9.17, 15) is 4.79 Å². The van der Waals surface area contributed by atoms with Gasteiger partial charge in [0.15, 0.2) is 0 Å². The molecule has 0 saturated heterocycles. The topological polar surface area (TPSA) is 35.5 Å². The monoisotopic (exact) mass is 334 g/mol.